The van der Waals surface area contributed by atoms with E-state index in [-0.39, 0.29) is 0 Å². The molecule has 0 saturated carbocycles. The largest absolute Gasteiger partial charge is 0.497 e. The summed E-state index contributed by atoms with van der Waals surface area (Å²) >= 11 is 1.75. The minimum Gasteiger partial charge on any atom is -0.497 e. The molecule has 1 fully saturated rings. The smallest absolute Gasteiger partial charge is 0.119 e. The molecule has 0 bridgehead atoms. The highest BCUT2D eigenvalue weighted by atomic mass is 32.1. The standard InChI is InChI=1S/C16H21N3OS/c1-12(19-8-6-17-7-9-19)16-18-15(11-21-16)13-4-3-5-14(10-13)20-2/h3-5,10-12,17H,6-9H2,1-2H3. The molecule has 0 spiro atoms. The fourth-order valence-corrected chi connectivity index (χ4v) is 3.54. The monoisotopic (exact) mass is 303 g/mol. The number of nitrogens with one attached hydrogen (secondary N) is 1. The van der Waals surface area contributed by atoms with Gasteiger partial charge in [-0.2, -0.15) is 0 Å². The first-order chi connectivity index (χ1) is 10.3. The van der Waals surface area contributed by atoms with E-state index in [1.165, 1.54) is 5.01 Å². The van der Waals surface area contributed by atoms with Crippen LogP contribution in [-0.2, 0) is 0 Å². The Balaban J connectivity index is 1.78. The second kappa shape index (κ2) is 6.56. The van der Waals surface area contributed by atoms with E-state index >= 15 is 0 Å². The van der Waals surface area contributed by atoms with Crippen LogP contribution < -0.4 is 10.1 Å². The summed E-state index contributed by atoms with van der Waals surface area (Å²) in [6.45, 7) is 6.57. The fourth-order valence-electron chi connectivity index (χ4n) is 2.62. The van der Waals surface area contributed by atoms with Gasteiger partial charge < -0.3 is 10.1 Å². The molecule has 1 saturated heterocycles. The Kier molecular flexibility index (Phi) is 4.53. The van der Waals surface area contributed by atoms with Gasteiger partial charge in [-0.25, -0.2) is 4.98 Å². The molecular weight excluding hydrogens is 282 g/mol. The Bertz CT molecular complexity index is 593. The van der Waals surface area contributed by atoms with Crippen molar-refractivity contribution in [3.8, 4) is 17.0 Å². The molecule has 0 radical (unpaired) electrons. The zero-order valence-electron chi connectivity index (χ0n) is 12.5. The van der Waals surface area contributed by atoms with Crippen molar-refractivity contribution in [2.45, 2.75) is 13.0 Å². The van der Waals surface area contributed by atoms with Gasteiger partial charge in [0.05, 0.1) is 18.8 Å². The number of hydrogen-bond acceptors (Lipinski definition) is 5. The van der Waals surface area contributed by atoms with Crippen LogP contribution in [0, 0.1) is 0 Å². The number of piperazine rings is 1. The maximum atomic E-state index is 5.29. The molecule has 1 aliphatic heterocycles. The number of ether oxygens (including phenoxy) is 1. The lowest BCUT2D eigenvalue weighted by Gasteiger charge is -2.31. The van der Waals surface area contributed by atoms with E-state index < -0.39 is 0 Å². The van der Waals surface area contributed by atoms with Crippen molar-refractivity contribution in [3.63, 3.8) is 0 Å². The summed E-state index contributed by atoms with van der Waals surface area (Å²) in [6.07, 6.45) is 0. The van der Waals surface area contributed by atoms with E-state index in [9.17, 15) is 0 Å². The van der Waals surface area contributed by atoms with Gasteiger partial charge in [0.2, 0.25) is 0 Å². The maximum absolute atomic E-state index is 5.29. The first-order valence-corrected chi connectivity index (χ1v) is 8.20. The summed E-state index contributed by atoms with van der Waals surface area (Å²) in [4.78, 5) is 7.32. The van der Waals surface area contributed by atoms with Crippen LogP contribution in [0.3, 0.4) is 0 Å². The first-order valence-electron chi connectivity index (χ1n) is 7.32. The van der Waals surface area contributed by atoms with Crippen molar-refractivity contribution in [1.29, 1.82) is 0 Å². The number of aromatic nitrogens is 1. The van der Waals surface area contributed by atoms with Gasteiger partial charge in [-0.3, -0.25) is 4.90 Å². The minimum absolute atomic E-state index is 0.386. The molecule has 1 aliphatic rings. The summed E-state index contributed by atoms with van der Waals surface area (Å²) in [6, 6.07) is 8.47. The SMILES string of the molecule is COc1cccc(-c2csc(C(C)N3CCNCC3)n2)c1. The van der Waals surface area contributed by atoms with Crippen molar-refractivity contribution >= 4 is 11.3 Å². The van der Waals surface area contributed by atoms with Gasteiger partial charge in [-0.1, -0.05) is 12.1 Å². The molecule has 1 N–H and O–H groups in total. The maximum Gasteiger partial charge on any atom is 0.119 e. The van der Waals surface area contributed by atoms with Gasteiger partial charge in [-0.05, 0) is 19.1 Å². The molecule has 1 aromatic carbocycles. The predicted octanol–water partition coefficient (Wildman–Crippen LogP) is 2.78. The van der Waals surface area contributed by atoms with E-state index in [0.717, 1.165) is 43.2 Å². The number of methoxy groups -OCH3 is 1. The van der Waals surface area contributed by atoms with Gasteiger partial charge >= 0.3 is 0 Å². The molecule has 1 unspecified atom stereocenters. The topological polar surface area (TPSA) is 37.4 Å². The number of hydrogen-bond donors (Lipinski definition) is 1. The summed E-state index contributed by atoms with van der Waals surface area (Å²) < 4.78 is 5.29. The Hall–Kier alpha value is -1.43. The van der Waals surface area contributed by atoms with E-state index in [1.807, 2.05) is 18.2 Å². The van der Waals surface area contributed by atoms with Crippen LogP contribution in [0.2, 0.25) is 0 Å². The molecule has 2 heterocycles. The molecule has 5 heteroatoms. The highest BCUT2D eigenvalue weighted by Gasteiger charge is 2.20. The van der Waals surface area contributed by atoms with Crippen molar-refractivity contribution in [2.75, 3.05) is 33.3 Å². The molecule has 0 amide bonds. The molecule has 21 heavy (non-hydrogen) atoms. The molecule has 3 rings (SSSR count). The third-order valence-corrected chi connectivity index (χ3v) is 4.96. The van der Waals surface area contributed by atoms with Gasteiger partial charge in [-0.15, -0.1) is 11.3 Å². The molecule has 2 aromatic rings. The Morgan fingerprint density at radius 2 is 2.14 bits per heavy atom. The minimum atomic E-state index is 0.386. The summed E-state index contributed by atoms with van der Waals surface area (Å²) in [5, 5.41) is 6.72. The van der Waals surface area contributed by atoms with Crippen LogP contribution in [0.15, 0.2) is 29.6 Å². The average molecular weight is 303 g/mol. The number of rotatable bonds is 4. The van der Waals surface area contributed by atoms with Gasteiger partial charge in [0, 0.05) is 37.1 Å². The van der Waals surface area contributed by atoms with Crippen LogP contribution >= 0.6 is 11.3 Å². The van der Waals surface area contributed by atoms with E-state index in [0.29, 0.717) is 6.04 Å². The lowest BCUT2D eigenvalue weighted by molar-refractivity contribution is 0.185. The van der Waals surface area contributed by atoms with Crippen molar-refractivity contribution in [3.05, 3.63) is 34.7 Å². The Labute approximate surface area is 129 Å². The molecule has 4 nitrogen and oxygen atoms in total. The lowest BCUT2D eigenvalue weighted by Crippen LogP contribution is -2.44. The van der Waals surface area contributed by atoms with Crippen LogP contribution in [0.25, 0.3) is 11.3 Å². The van der Waals surface area contributed by atoms with E-state index in [2.05, 4.69) is 28.6 Å². The third kappa shape index (κ3) is 3.26. The van der Waals surface area contributed by atoms with Crippen molar-refractivity contribution in [1.82, 2.24) is 15.2 Å². The molecular formula is C16H21N3OS. The second-order valence-electron chi connectivity index (χ2n) is 5.26. The summed E-state index contributed by atoms with van der Waals surface area (Å²) in [5.74, 6) is 0.872. The quantitative estimate of drug-likeness (QED) is 0.942. The van der Waals surface area contributed by atoms with Crippen LogP contribution in [-0.4, -0.2) is 43.2 Å². The van der Waals surface area contributed by atoms with Crippen LogP contribution in [0.5, 0.6) is 5.75 Å². The fraction of sp³-hybridized carbons (Fsp3) is 0.438. The van der Waals surface area contributed by atoms with E-state index in [1.54, 1.807) is 18.4 Å². The number of nitrogens with zero attached hydrogens (tertiary/aromatic N) is 2. The third-order valence-electron chi connectivity index (χ3n) is 3.94. The normalized spacial score (nSPS) is 17.6. The van der Waals surface area contributed by atoms with Crippen molar-refractivity contribution in [2.24, 2.45) is 0 Å². The highest BCUT2D eigenvalue weighted by Crippen LogP contribution is 2.29. The molecule has 1 aromatic heterocycles. The van der Waals surface area contributed by atoms with Gasteiger partial charge in [0.15, 0.2) is 0 Å². The zero-order chi connectivity index (χ0) is 14.7. The molecule has 0 aliphatic carbocycles. The summed E-state index contributed by atoms with van der Waals surface area (Å²) in [5.41, 5.74) is 2.15. The number of benzene rings is 1. The Morgan fingerprint density at radius 1 is 1.33 bits per heavy atom. The predicted molar refractivity (Wildman–Crippen MR) is 87.0 cm³/mol. The summed E-state index contributed by atoms with van der Waals surface area (Å²) in [7, 11) is 1.69. The van der Waals surface area contributed by atoms with Crippen molar-refractivity contribution < 1.29 is 4.74 Å². The molecule has 1 atom stereocenters. The Morgan fingerprint density at radius 3 is 2.90 bits per heavy atom. The lowest BCUT2D eigenvalue weighted by atomic mass is 10.1. The van der Waals surface area contributed by atoms with Crippen LogP contribution in [0.4, 0.5) is 0 Å². The van der Waals surface area contributed by atoms with Gasteiger partial charge in [0.25, 0.3) is 0 Å². The van der Waals surface area contributed by atoms with Crippen LogP contribution in [0.1, 0.15) is 18.0 Å². The highest BCUT2D eigenvalue weighted by molar-refractivity contribution is 7.10. The average Bonchev–Trinajstić information content (AvgIpc) is 3.05. The number of thiazole rings is 1. The van der Waals surface area contributed by atoms with Gasteiger partial charge in [0.1, 0.15) is 10.8 Å². The second-order valence-corrected chi connectivity index (χ2v) is 6.15. The molecule has 112 valence electrons. The zero-order valence-corrected chi connectivity index (χ0v) is 13.3. The first kappa shape index (κ1) is 14.5. The van der Waals surface area contributed by atoms with E-state index in [4.69, 9.17) is 9.72 Å².